The third-order valence-corrected chi connectivity index (χ3v) is 3.29. The molecule has 0 aliphatic carbocycles. The zero-order chi connectivity index (χ0) is 13.9. The van der Waals surface area contributed by atoms with Gasteiger partial charge in [0, 0.05) is 11.7 Å². The lowest BCUT2D eigenvalue weighted by Crippen LogP contribution is -2.37. The van der Waals surface area contributed by atoms with Gasteiger partial charge in [0.1, 0.15) is 12.7 Å². The third-order valence-electron chi connectivity index (χ3n) is 3.29. The molecule has 7 nitrogen and oxygen atoms in total. The van der Waals surface area contributed by atoms with Crippen LogP contribution in [0.15, 0.2) is 36.9 Å². The average molecular weight is 273 g/mol. The van der Waals surface area contributed by atoms with Gasteiger partial charge in [-0.2, -0.15) is 0 Å². The van der Waals surface area contributed by atoms with Crippen LogP contribution < -0.4 is 11.1 Å². The van der Waals surface area contributed by atoms with Crippen LogP contribution in [-0.4, -0.2) is 39.9 Å². The maximum atomic E-state index is 12.1. The molecule has 1 amide bonds. The molecule has 2 unspecified atom stereocenters. The molecule has 1 aliphatic rings. The molecule has 3 rings (SSSR count). The molecule has 1 aliphatic heterocycles. The Kier molecular flexibility index (Phi) is 3.44. The number of hydrogen-bond donors (Lipinski definition) is 2. The van der Waals surface area contributed by atoms with Gasteiger partial charge in [-0.05, 0) is 18.2 Å². The summed E-state index contributed by atoms with van der Waals surface area (Å²) in [5, 5.41) is 10.4. The number of anilines is 1. The fourth-order valence-electron chi connectivity index (χ4n) is 2.15. The number of rotatable bonds is 3. The van der Waals surface area contributed by atoms with E-state index in [2.05, 4.69) is 15.5 Å². The Hall–Kier alpha value is -2.25. The van der Waals surface area contributed by atoms with E-state index in [-0.39, 0.29) is 17.9 Å². The summed E-state index contributed by atoms with van der Waals surface area (Å²) < 4.78 is 6.97. The molecule has 1 aromatic heterocycles. The highest BCUT2D eigenvalue weighted by Gasteiger charge is 2.31. The first kappa shape index (κ1) is 12.8. The Labute approximate surface area is 115 Å². The zero-order valence-corrected chi connectivity index (χ0v) is 10.8. The van der Waals surface area contributed by atoms with Crippen LogP contribution in [-0.2, 0) is 9.53 Å². The maximum Gasteiger partial charge on any atom is 0.231 e. The lowest BCUT2D eigenvalue weighted by molar-refractivity contribution is -0.120. The number of nitrogens with one attached hydrogen (secondary N) is 1. The van der Waals surface area contributed by atoms with Gasteiger partial charge < -0.3 is 15.8 Å². The van der Waals surface area contributed by atoms with E-state index in [0.717, 1.165) is 5.69 Å². The second-order valence-corrected chi connectivity index (χ2v) is 4.72. The van der Waals surface area contributed by atoms with E-state index in [1.807, 2.05) is 24.3 Å². The van der Waals surface area contributed by atoms with Crippen molar-refractivity contribution in [1.82, 2.24) is 14.8 Å². The minimum Gasteiger partial charge on any atom is -0.379 e. The molecule has 7 heteroatoms. The van der Waals surface area contributed by atoms with E-state index < -0.39 is 0 Å². The molecule has 0 saturated carbocycles. The van der Waals surface area contributed by atoms with Gasteiger partial charge in [0.25, 0.3) is 0 Å². The van der Waals surface area contributed by atoms with Gasteiger partial charge in [0.05, 0.1) is 24.8 Å². The monoisotopic (exact) mass is 273 g/mol. The van der Waals surface area contributed by atoms with Crippen LogP contribution in [0, 0.1) is 5.92 Å². The Bertz CT molecular complexity index is 599. The molecular formula is C13H15N5O2. The molecule has 3 N–H and O–H groups in total. The van der Waals surface area contributed by atoms with Crippen LogP contribution in [0.25, 0.3) is 5.69 Å². The highest BCUT2D eigenvalue weighted by molar-refractivity contribution is 5.93. The maximum absolute atomic E-state index is 12.1. The summed E-state index contributed by atoms with van der Waals surface area (Å²) in [6.45, 7) is 0.803. The summed E-state index contributed by atoms with van der Waals surface area (Å²) in [7, 11) is 0. The van der Waals surface area contributed by atoms with Gasteiger partial charge in [-0.3, -0.25) is 9.36 Å². The lowest BCUT2D eigenvalue weighted by atomic mass is 10.0. The van der Waals surface area contributed by atoms with Crippen molar-refractivity contribution in [1.29, 1.82) is 0 Å². The van der Waals surface area contributed by atoms with Gasteiger partial charge in [0.2, 0.25) is 5.91 Å². The summed E-state index contributed by atoms with van der Waals surface area (Å²) in [5.74, 6) is -0.413. The van der Waals surface area contributed by atoms with Crippen molar-refractivity contribution in [3.63, 3.8) is 0 Å². The van der Waals surface area contributed by atoms with E-state index in [1.165, 1.54) is 0 Å². The minimum atomic E-state index is -0.298. The minimum absolute atomic E-state index is 0.115. The number of carbonyl (C=O) groups is 1. The number of nitrogens with two attached hydrogens (primary N) is 1. The second-order valence-electron chi connectivity index (χ2n) is 4.72. The third kappa shape index (κ3) is 2.54. The molecule has 104 valence electrons. The van der Waals surface area contributed by atoms with Gasteiger partial charge in [-0.25, -0.2) is 0 Å². The molecule has 0 radical (unpaired) electrons. The molecule has 1 fully saturated rings. The molecule has 1 aromatic carbocycles. The average Bonchev–Trinajstić information content (AvgIpc) is 3.09. The van der Waals surface area contributed by atoms with E-state index in [9.17, 15) is 4.79 Å². The highest BCUT2D eigenvalue weighted by Crippen LogP contribution is 2.17. The molecule has 0 bridgehead atoms. The Morgan fingerprint density at radius 2 is 2.15 bits per heavy atom. The van der Waals surface area contributed by atoms with Crippen LogP contribution in [0.1, 0.15) is 0 Å². The van der Waals surface area contributed by atoms with E-state index in [0.29, 0.717) is 18.9 Å². The number of amides is 1. The van der Waals surface area contributed by atoms with Crippen molar-refractivity contribution >= 4 is 11.6 Å². The molecule has 2 atom stereocenters. The molecule has 0 spiro atoms. The van der Waals surface area contributed by atoms with Gasteiger partial charge >= 0.3 is 0 Å². The largest absolute Gasteiger partial charge is 0.379 e. The quantitative estimate of drug-likeness (QED) is 0.831. The van der Waals surface area contributed by atoms with Crippen molar-refractivity contribution in [3.8, 4) is 5.69 Å². The number of aromatic nitrogens is 3. The number of carbonyl (C=O) groups excluding carboxylic acids is 1. The van der Waals surface area contributed by atoms with Crippen LogP contribution in [0.4, 0.5) is 5.69 Å². The molecule has 1 saturated heterocycles. The Morgan fingerprint density at radius 3 is 2.85 bits per heavy atom. The number of nitrogens with zero attached hydrogens (tertiary/aromatic N) is 3. The normalized spacial score (nSPS) is 21.9. The summed E-state index contributed by atoms with van der Waals surface area (Å²) in [4.78, 5) is 12.1. The number of hydrogen-bond acceptors (Lipinski definition) is 5. The first-order valence-corrected chi connectivity index (χ1v) is 6.33. The van der Waals surface area contributed by atoms with Crippen molar-refractivity contribution < 1.29 is 9.53 Å². The first-order valence-electron chi connectivity index (χ1n) is 6.33. The fraction of sp³-hybridized carbons (Fsp3) is 0.308. The standard InChI is InChI=1S/C13H15N5O2/c14-12-6-20-5-11(12)13(19)17-9-2-1-3-10(4-9)18-7-15-16-8-18/h1-4,7-8,11-12H,5-6,14H2,(H,17,19). The van der Waals surface area contributed by atoms with Crippen molar-refractivity contribution in [2.75, 3.05) is 18.5 Å². The fourth-order valence-corrected chi connectivity index (χ4v) is 2.15. The molecule has 20 heavy (non-hydrogen) atoms. The predicted molar refractivity (Wildman–Crippen MR) is 72.3 cm³/mol. The van der Waals surface area contributed by atoms with Gasteiger partial charge in [-0.15, -0.1) is 10.2 Å². The first-order chi connectivity index (χ1) is 9.74. The van der Waals surface area contributed by atoms with Crippen LogP contribution in [0.5, 0.6) is 0 Å². The van der Waals surface area contributed by atoms with Crippen LogP contribution >= 0.6 is 0 Å². The topological polar surface area (TPSA) is 95.1 Å². The van der Waals surface area contributed by atoms with E-state index in [1.54, 1.807) is 17.2 Å². The SMILES string of the molecule is NC1COCC1C(=O)Nc1cccc(-n2cnnc2)c1. The predicted octanol–water partition coefficient (Wildman–Crippen LogP) is 0.179. The Morgan fingerprint density at radius 1 is 1.35 bits per heavy atom. The van der Waals surface area contributed by atoms with Gasteiger partial charge in [-0.1, -0.05) is 6.07 Å². The van der Waals surface area contributed by atoms with E-state index >= 15 is 0 Å². The lowest BCUT2D eigenvalue weighted by Gasteiger charge is -2.14. The number of benzene rings is 1. The van der Waals surface area contributed by atoms with Crippen molar-refractivity contribution in [3.05, 3.63) is 36.9 Å². The highest BCUT2D eigenvalue weighted by atomic mass is 16.5. The van der Waals surface area contributed by atoms with E-state index in [4.69, 9.17) is 10.5 Å². The summed E-state index contributed by atoms with van der Waals surface area (Å²) >= 11 is 0. The van der Waals surface area contributed by atoms with Crippen molar-refractivity contribution in [2.45, 2.75) is 6.04 Å². The Balaban J connectivity index is 1.74. The smallest absolute Gasteiger partial charge is 0.231 e. The van der Waals surface area contributed by atoms with Crippen molar-refractivity contribution in [2.24, 2.45) is 11.7 Å². The molecule has 2 heterocycles. The molecular weight excluding hydrogens is 258 g/mol. The zero-order valence-electron chi connectivity index (χ0n) is 10.8. The summed E-state index contributed by atoms with van der Waals surface area (Å²) in [6, 6.07) is 7.20. The summed E-state index contributed by atoms with van der Waals surface area (Å²) in [5.41, 5.74) is 7.42. The van der Waals surface area contributed by atoms with Crippen LogP contribution in [0.2, 0.25) is 0 Å². The summed E-state index contributed by atoms with van der Waals surface area (Å²) in [6.07, 6.45) is 3.20. The number of ether oxygens (including phenoxy) is 1. The second kappa shape index (κ2) is 5.40. The van der Waals surface area contributed by atoms with Gasteiger partial charge in [0.15, 0.2) is 0 Å². The molecule has 2 aromatic rings. The van der Waals surface area contributed by atoms with Crippen LogP contribution in [0.3, 0.4) is 0 Å².